The van der Waals surface area contributed by atoms with Crippen LogP contribution in [-0.2, 0) is 0 Å². The zero-order chi connectivity index (χ0) is 26.5. The summed E-state index contributed by atoms with van der Waals surface area (Å²) in [4.78, 5) is 8.87. The topological polar surface area (TPSA) is 9.72 Å². The molecule has 0 aromatic carbocycles. The Morgan fingerprint density at radius 1 is 0.514 bits per heavy atom. The molecular formula is C30H67BN3P. The highest BCUT2D eigenvalue weighted by Gasteiger charge is 2.50. The summed E-state index contributed by atoms with van der Waals surface area (Å²) in [5, 5.41) is 0.0941. The molecule has 5 heteroatoms. The average Bonchev–Trinajstić information content (AvgIpc) is 2.87. The molecule has 0 aliphatic carbocycles. The van der Waals surface area contributed by atoms with Gasteiger partial charge in [0.05, 0.1) is 6.17 Å². The van der Waals surface area contributed by atoms with Crippen molar-refractivity contribution in [1.29, 1.82) is 0 Å². The van der Waals surface area contributed by atoms with E-state index in [0.29, 0.717) is 12.9 Å². The van der Waals surface area contributed by atoms with Crippen LogP contribution in [-0.4, -0.2) is 72.0 Å². The van der Waals surface area contributed by atoms with E-state index in [4.69, 9.17) is 0 Å². The second kappa shape index (κ2) is 22.4. The van der Waals surface area contributed by atoms with Crippen LogP contribution in [0.1, 0.15) is 132 Å². The van der Waals surface area contributed by atoms with Crippen molar-refractivity contribution in [1.82, 2.24) is 14.7 Å². The quantitative estimate of drug-likeness (QED) is 0.0690. The molecule has 0 aromatic rings. The fourth-order valence-corrected chi connectivity index (χ4v) is 6.90. The Hall–Kier alpha value is 0.375. The van der Waals surface area contributed by atoms with Crippen molar-refractivity contribution < 1.29 is 0 Å². The third kappa shape index (κ3) is 12.2. The monoisotopic (exact) mass is 512 g/mol. The van der Waals surface area contributed by atoms with Gasteiger partial charge in [-0.2, -0.15) is 0 Å². The first-order valence-electron chi connectivity index (χ1n) is 16.0. The van der Waals surface area contributed by atoms with Gasteiger partial charge in [0.25, 0.3) is 0 Å². The lowest BCUT2D eigenvalue weighted by molar-refractivity contribution is -0.0191. The predicted octanol–water partition coefficient (Wildman–Crippen LogP) is 8.66. The van der Waals surface area contributed by atoms with E-state index in [2.05, 4.69) is 79.3 Å². The Kier molecular flexibility index (Phi) is 22.6. The van der Waals surface area contributed by atoms with Crippen LogP contribution < -0.4 is 0 Å². The molecule has 0 N–H and O–H groups in total. The van der Waals surface area contributed by atoms with Crippen LogP contribution in [0.3, 0.4) is 0 Å². The van der Waals surface area contributed by atoms with Gasteiger partial charge in [-0.05, 0) is 77.8 Å². The van der Waals surface area contributed by atoms with E-state index in [1.807, 2.05) is 0 Å². The van der Waals surface area contributed by atoms with Gasteiger partial charge >= 0.3 is 0 Å². The Morgan fingerprint density at radius 3 is 1.06 bits per heavy atom. The maximum absolute atomic E-state index is 3.58. The first-order chi connectivity index (χ1) is 17.0. The van der Waals surface area contributed by atoms with E-state index < -0.39 is 0 Å². The van der Waals surface area contributed by atoms with Gasteiger partial charge in [0, 0.05) is 5.18 Å². The van der Waals surface area contributed by atoms with E-state index in [1.165, 1.54) is 129 Å². The van der Waals surface area contributed by atoms with Crippen LogP contribution in [0, 0.1) is 0 Å². The minimum absolute atomic E-state index is 0.0941. The van der Waals surface area contributed by atoms with E-state index >= 15 is 0 Å². The summed E-state index contributed by atoms with van der Waals surface area (Å²) in [5.74, 6) is 0. The van der Waals surface area contributed by atoms with Crippen LogP contribution in [0.2, 0.25) is 12.6 Å². The second-order valence-corrected chi connectivity index (χ2v) is 11.9. The maximum Gasteiger partial charge on any atom is 0.173 e. The van der Waals surface area contributed by atoms with Crippen LogP contribution in [0.15, 0.2) is 0 Å². The fraction of sp³-hybridized carbons (Fsp3) is 1.00. The normalized spacial score (nSPS) is 14.0. The molecule has 2 atom stereocenters. The van der Waals surface area contributed by atoms with Crippen molar-refractivity contribution in [2.75, 3.05) is 39.3 Å². The average molecular weight is 512 g/mol. The third-order valence-corrected chi connectivity index (χ3v) is 9.19. The number of hydrogen-bond acceptors (Lipinski definition) is 3. The summed E-state index contributed by atoms with van der Waals surface area (Å²) >= 11 is 0. The molecule has 0 saturated carbocycles. The van der Waals surface area contributed by atoms with Crippen LogP contribution in [0.25, 0.3) is 0 Å². The summed E-state index contributed by atoms with van der Waals surface area (Å²) in [5.41, 5.74) is 0. The van der Waals surface area contributed by atoms with Gasteiger partial charge in [0.1, 0.15) is 0 Å². The Balaban J connectivity index is 6.86. The number of hydrogen-bond donors (Lipinski definition) is 0. The van der Waals surface area contributed by atoms with Crippen LogP contribution in [0.5, 0.6) is 0 Å². The van der Waals surface area contributed by atoms with Gasteiger partial charge < -0.3 is 0 Å². The Bertz CT molecular complexity index is 419. The SMILES string of the molecule is CCCCN(CCCC)C(N(CCCC)CCCC)C(P)(B(CC)CC)N(CCCC)CCCC. The lowest BCUT2D eigenvalue weighted by Gasteiger charge is -2.57. The van der Waals surface area contributed by atoms with Crippen molar-refractivity contribution in [2.45, 2.75) is 156 Å². The lowest BCUT2D eigenvalue weighted by Crippen LogP contribution is -2.71. The number of nitrogens with zero attached hydrogens (tertiary/aromatic N) is 3. The molecule has 35 heavy (non-hydrogen) atoms. The fourth-order valence-electron chi connectivity index (χ4n) is 5.75. The molecule has 0 aliphatic heterocycles. The predicted molar refractivity (Wildman–Crippen MR) is 167 cm³/mol. The van der Waals surface area contributed by atoms with Crippen LogP contribution in [0.4, 0.5) is 0 Å². The van der Waals surface area contributed by atoms with Gasteiger partial charge in [-0.1, -0.05) is 107 Å². The van der Waals surface area contributed by atoms with E-state index in [0.717, 1.165) is 0 Å². The minimum Gasteiger partial charge on any atom is -0.298 e. The second-order valence-electron chi connectivity index (χ2n) is 11.0. The van der Waals surface area contributed by atoms with Gasteiger partial charge in [-0.15, -0.1) is 9.24 Å². The molecule has 0 fully saturated rings. The van der Waals surface area contributed by atoms with Crippen molar-refractivity contribution >= 4 is 16.0 Å². The van der Waals surface area contributed by atoms with E-state index in [-0.39, 0.29) is 5.18 Å². The highest BCUT2D eigenvalue weighted by atomic mass is 31.0. The molecule has 0 amide bonds. The van der Waals surface area contributed by atoms with Crippen LogP contribution >= 0.6 is 9.24 Å². The van der Waals surface area contributed by atoms with Crippen molar-refractivity contribution in [3.05, 3.63) is 0 Å². The highest BCUT2D eigenvalue weighted by Crippen LogP contribution is 2.40. The Labute approximate surface area is 226 Å². The van der Waals surface area contributed by atoms with Crippen molar-refractivity contribution in [3.63, 3.8) is 0 Å². The van der Waals surface area contributed by atoms with Gasteiger partial charge in [0.2, 0.25) is 0 Å². The number of rotatable bonds is 25. The zero-order valence-electron chi connectivity index (χ0n) is 25.7. The first-order valence-corrected chi connectivity index (χ1v) is 16.6. The molecule has 0 heterocycles. The molecule has 0 rings (SSSR count). The van der Waals surface area contributed by atoms with Gasteiger partial charge in [-0.25, -0.2) is 0 Å². The smallest absolute Gasteiger partial charge is 0.173 e. The van der Waals surface area contributed by atoms with Gasteiger partial charge in [-0.3, -0.25) is 14.7 Å². The Morgan fingerprint density at radius 2 is 0.800 bits per heavy atom. The molecule has 2 unspecified atom stereocenters. The zero-order valence-corrected chi connectivity index (χ0v) is 26.9. The summed E-state index contributed by atoms with van der Waals surface area (Å²) in [6, 6.07) is 0. The van der Waals surface area contributed by atoms with Crippen molar-refractivity contribution in [3.8, 4) is 0 Å². The molecule has 0 aliphatic rings. The summed E-state index contributed by atoms with van der Waals surface area (Å²) in [6.07, 6.45) is 18.5. The maximum atomic E-state index is 3.58. The van der Waals surface area contributed by atoms with Gasteiger partial charge in [0.15, 0.2) is 6.71 Å². The summed E-state index contributed by atoms with van der Waals surface area (Å²) in [7, 11) is 3.58. The molecule has 0 radical (unpaired) electrons. The molecule has 0 saturated heterocycles. The molecule has 0 spiro atoms. The summed E-state index contributed by atoms with van der Waals surface area (Å²) in [6.45, 7) is 27.2. The molecule has 0 bridgehead atoms. The van der Waals surface area contributed by atoms with E-state index in [1.54, 1.807) is 0 Å². The summed E-state index contributed by atoms with van der Waals surface area (Å²) < 4.78 is 0. The minimum atomic E-state index is 0.0941. The molecule has 3 nitrogen and oxygen atoms in total. The first kappa shape index (κ1) is 35.4. The third-order valence-electron chi connectivity index (χ3n) is 8.05. The lowest BCUT2D eigenvalue weighted by atomic mass is 9.38. The molecular weight excluding hydrogens is 444 g/mol. The standard InChI is InChI=1S/C30H67BN3P/c1-9-17-23-32(24-18-10-2)29(33(25-19-11-3)26-20-12-4)30(35,31(15-7)16-8)34(27-21-13-5)28-22-14-6/h29H,9-28,35H2,1-8H3. The highest BCUT2D eigenvalue weighted by molar-refractivity contribution is 7.24. The largest absolute Gasteiger partial charge is 0.298 e. The van der Waals surface area contributed by atoms with E-state index in [9.17, 15) is 0 Å². The molecule has 0 aromatic heterocycles. The number of unbranched alkanes of at least 4 members (excludes halogenated alkanes) is 6. The molecule has 210 valence electrons. The van der Waals surface area contributed by atoms with Crippen molar-refractivity contribution in [2.24, 2.45) is 0 Å².